The van der Waals surface area contributed by atoms with Crippen molar-refractivity contribution in [3.63, 3.8) is 0 Å². The van der Waals surface area contributed by atoms with Crippen molar-refractivity contribution in [3.05, 3.63) is 33.8 Å². The summed E-state index contributed by atoms with van der Waals surface area (Å²) in [4.78, 5) is 0. The highest BCUT2D eigenvalue weighted by molar-refractivity contribution is 6.42. The summed E-state index contributed by atoms with van der Waals surface area (Å²) in [6, 6.07) is 5.35. The number of ether oxygens (including phenoxy) is 2. The second-order valence-corrected chi connectivity index (χ2v) is 5.55. The molecule has 1 aromatic rings. The van der Waals surface area contributed by atoms with Gasteiger partial charge in [0.1, 0.15) is 0 Å². The quantitative estimate of drug-likeness (QED) is 0.926. The normalized spacial score (nSPS) is 28.3. The minimum atomic E-state index is -0.409. The Morgan fingerprint density at radius 2 is 1.94 bits per heavy atom. The van der Waals surface area contributed by atoms with Crippen LogP contribution in [0.1, 0.15) is 31.6 Å². The maximum Gasteiger partial charge on any atom is 0.184 e. The molecule has 0 radical (unpaired) electrons. The molecule has 0 unspecified atom stereocenters. The molecule has 0 amide bonds. The summed E-state index contributed by atoms with van der Waals surface area (Å²) in [5, 5.41) is 1.02. The molecule has 1 aliphatic rings. The van der Waals surface area contributed by atoms with Gasteiger partial charge < -0.3 is 15.2 Å². The first-order valence-electron chi connectivity index (χ1n) is 6.01. The van der Waals surface area contributed by atoms with Gasteiger partial charge in [0.25, 0.3) is 0 Å². The zero-order valence-corrected chi connectivity index (χ0v) is 11.8. The van der Waals surface area contributed by atoms with Crippen LogP contribution < -0.4 is 5.73 Å². The zero-order valence-electron chi connectivity index (χ0n) is 10.3. The van der Waals surface area contributed by atoms with E-state index in [4.69, 9.17) is 38.4 Å². The topological polar surface area (TPSA) is 44.5 Å². The molecule has 1 aromatic carbocycles. The number of hydrogen-bond acceptors (Lipinski definition) is 3. The van der Waals surface area contributed by atoms with Gasteiger partial charge in [-0.05, 0) is 18.6 Å². The fraction of sp³-hybridized carbons (Fsp3) is 0.538. The second kappa shape index (κ2) is 5.76. The van der Waals surface area contributed by atoms with Gasteiger partial charge >= 0.3 is 0 Å². The number of benzene rings is 1. The minimum absolute atomic E-state index is 0.374. The van der Waals surface area contributed by atoms with Crippen molar-refractivity contribution in [2.45, 2.75) is 31.6 Å². The number of halogens is 2. The second-order valence-electron chi connectivity index (χ2n) is 4.74. The fourth-order valence-corrected chi connectivity index (χ4v) is 2.37. The summed E-state index contributed by atoms with van der Waals surface area (Å²) in [6.45, 7) is 3.08. The molecule has 0 atom stereocenters. The van der Waals surface area contributed by atoms with Crippen LogP contribution in [0.3, 0.4) is 0 Å². The lowest BCUT2D eigenvalue weighted by molar-refractivity contribution is -0.212. The lowest BCUT2D eigenvalue weighted by Crippen LogP contribution is -2.52. The Morgan fingerprint density at radius 1 is 1.28 bits per heavy atom. The predicted octanol–water partition coefficient (Wildman–Crippen LogP) is 3.54. The first-order chi connectivity index (χ1) is 8.54. The molecule has 2 rings (SSSR count). The van der Waals surface area contributed by atoms with Crippen molar-refractivity contribution in [1.82, 2.24) is 0 Å². The molecule has 100 valence electrons. The van der Waals surface area contributed by atoms with E-state index in [1.807, 2.05) is 6.07 Å². The third-order valence-electron chi connectivity index (χ3n) is 3.01. The van der Waals surface area contributed by atoms with Crippen molar-refractivity contribution in [1.29, 1.82) is 0 Å². The monoisotopic (exact) mass is 289 g/mol. The first-order valence-corrected chi connectivity index (χ1v) is 6.77. The Morgan fingerprint density at radius 3 is 2.50 bits per heavy atom. The van der Waals surface area contributed by atoms with Crippen LogP contribution in [-0.4, -0.2) is 18.8 Å². The summed E-state index contributed by atoms with van der Waals surface area (Å²) in [5.41, 5.74) is 6.66. The van der Waals surface area contributed by atoms with Gasteiger partial charge in [0.05, 0.1) is 28.8 Å². The lowest BCUT2D eigenvalue weighted by Gasteiger charge is -2.37. The third kappa shape index (κ3) is 3.16. The van der Waals surface area contributed by atoms with Crippen LogP contribution in [0.2, 0.25) is 10.0 Å². The van der Waals surface area contributed by atoms with Crippen LogP contribution >= 0.6 is 23.2 Å². The van der Waals surface area contributed by atoms with Crippen molar-refractivity contribution < 1.29 is 9.47 Å². The predicted molar refractivity (Wildman–Crippen MR) is 72.9 cm³/mol. The summed E-state index contributed by atoms with van der Waals surface area (Å²) >= 11 is 11.8. The molecule has 5 heteroatoms. The highest BCUT2D eigenvalue weighted by atomic mass is 35.5. The average molecular weight is 290 g/mol. The van der Waals surface area contributed by atoms with Crippen LogP contribution in [0.5, 0.6) is 0 Å². The Balaban J connectivity index is 2.03. The van der Waals surface area contributed by atoms with E-state index in [0.29, 0.717) is 23.3 Å². The van der Waals surface area contributed by atoms with Gasteiger partial charge in [-0.2, -0.15) is 0 Å². The van der Waals surface area contributed by atoms with Crippen LogP contribution in [0, 0.1) is 0 Å². The molecule has 1 aliphatic heterocycles. The highest BCUT2D eigenvalue weighted by Gasteiger charge is 2.33. The molecular weight excluding hydrogens is 273 g/mol. The molecule has 2 N–H and O–H groups in total. The van der Waals surface area contributed by atoms with Crippen LogP contribution in [-0.2, 0) is 9.47 Å². The molecule has 0 aromatic heterocycles. The van der Waals surface area contributed by atoms with Gasteiger partial charge in [-0.15, -0.1) is 0 Å². The van der Waals surface area contributed by atoms with Gasteiger partial charge in [0, 0.05) is 5.56 Å². The molecule has 18 heavy (non-hydrogen) atoms. The fourth-order valence-electron chi connectivity index (χ4n) is 2.07. The number of rotatable bonds is 3. The maximum absolute atomic E-state index is 6.17. The highest BCUT2D eigenvalue weighted by Crippen LogP contribution is 2.31. The molecule has 0 bridgehead atoms. The van der Waals surface area contributed by atoms with Gasteiger partial charge in [-0.25, -0.2) is 0 Å². The van der Waals surface area contributed by atoms with Crippen molar-refractivity contribution in [2.24, 2.45) is 5.73 Å². The lowest BCUT2D eigenvalue weighted by atomic mass is 9.96. The van der Waals surface area contributed by atoms with Gasteiger partial charge in [0.15, 0.2) is 6.29 Å². The molecule has 3 nitrogen and oxygen atoms in total. The molecule has 1 fully saturated rings. The summed E-state index contributed by atoms with van der Waals surface area (Å²) in [7, 11) is 0. The van der Waals surface area contributed by atoms with Gasteiger partial charge in [-0.1, -0.05) is 42.6 Å². The molecule has 0 spiro atoms. The Bertz CT molecular complexity index is 417. The Hall–Kier alpha value is -0.320. The molecule has 1 heterocycles. The van der Waals surface area contributed by atoms with Crippen LogP contribution in [0.4, 0.5) is 0 Å². The number of nitrogens with two attached hydrogens (primary N) is 1. The number of hydrogen-bond donors (Lipinski definition) is 1. The van der Waals surface area contributed by atoms with E-state index in [1.54, 1.807) is 12.1 Å². The Kier molecular flexibility index (Phi) is 4.51. The smallest absolute Gasteiger partial charge is 0.184 e. The average Bonchev–Trinajstić information content (AvgIpc) is 2.34. The van der Waals surface area contributed by atoms with Crippen molar-refractivity contribution >= 4 is 23.2 Å². The molecule has 0 aliphatic carbocycles. The first kappa shape index (κ1) is 14.1. The van der Waals surface area contributed by atoms with E-state index in [2.05, 4.69) is 6.92 Å². The zero-order chi connectivity index (χ0) is 13.2. The third-order valence-corrected chi connectivity index (χ3v) is 3.75. The van der Waals surface area contributed by atoms with E-state index in [0.717, 1.165) is 18.4 Å². The van der Waals surface area contributed by atoms with E-state index >= 15 is 0 Å². The van der Waals surface area contributed by atoms with Gasteiger partial charge in [0.2, 0.25) is 0 Å². The summed E-state index contributed by atoms with van der Waals surface area (Å²) in [6.07, 6.45) is 1.50. The van der Waals surface area contributed by atoms with E-state index in [-0.39, 0.29) is 5.54 Å². The van der Waals surface area contributed by atoms with E-state index in [9.17, 15) is 0 Å². The van der Waals surface area contributed by atoms with E-state index < -0.39 is 6.29 Å². The minimum Gasteiger partial charge on any atom is -0.346 e. The SMILES string of the molecule is CCCC1(N)COC(c2ccc(Cl)c(Cl)c2)OC1. The maximum atomic E-state index is 6.17. The van der Waals surface area contributed by atoms with Crippen molar-refractivity contribution in [3.8, 4) is 0 Å². The van der Waals surface area contributed by atoms with Crippen LogP contribution in [0.25, 0.3) is 0 Å². The van der Waals surface area contributed by atoms with Crippen LogP contribution in [0.15, 0.2) is 18.2 Å². The molecule has 0 saturated carbocycles. The molecular formula is C13H17Cl2NO2. The summed E-state index contributed by atoms with van der Waals surface area (Å²) < 4.78 is 11.4. The Labute approximate surface area is 117 Å². The standard InChI is InChI=1S/C13H17Cl2NO2/c1-2-5-13(16)7-17-12(18-8-13)9-3-4-10(14)11(15)6-9/h3-4,6,12H,2,5,7-8,16H2,1H3. The van der Waals surface area contributed by atoms with Crippen molar-refractivity contribution in [2.75, 3.05) is 13.2 Å². The largest absolute Gasteiger partial charge is 0.346 e. The molecule has 1 saturated heterocycles. The van der Waals surface area contributed by atoms with Gasteiger partial charge in [-0.3, -0.25) is 0 Å². The summed E-state index contributed by atoms with van der Waals surface area (Å²) in [5.74, 6) is 0. The van der Waals surface area contributed by atoms with E-state index in [1.165, 1.54) is 0 Å².